The Morgan fingerprint density at radius 1 is 1.50 bits per heavy atom. The van der Waals surface area contributed by atoms with Crippen molar-refractivity contribution in [1.82, 2.24) is 9.88 Å². The van der Waals surface area contributed by atoms with E-state index in [2.05, 4.69) is 30.9 Å². The molecule has 4 heteroatoms. The average molecular weight is 277 g/mol. The Bertz CT molecular complexity index is 455. The highest BCUT2D eigenvalue weighted by molar-refractivity contribution is 5.46. The van der Waals surface area contributed by atoms with Crippen molar-refractivity contribution in [3.8, 4) is 0 Å². The molecule has 0 saturated heterocycles. The van der Waals surface area contributed by atoms with Gasteiger partial charge in [-0.15, -0.1) is 0 Å². The summed E-state index contributed by atoms with van der Waals surface area (Å²) in [5.41, 5.74) is 7.62. The molecule has 0 radical (unpaired) electrons. The van der Waals surface area contributed by atoms with Gasteiger partial charge in [-0.2, -0.15) is 0 Å². The van der Waals surface area contributed by atoms with Gasteiger partial charge in [0.15, 0.2) is 0 Å². The van der Waals surface area contributed by atoms with E-state index in [0.717, 1.165) is 30.4 Å². The van der Waals surface area contributed by atoms with Crippen LogP contribution < -0.4 is 5.73 Å². The smallest absolute Gasteiger partial charge is 0.129 e. The molecule has 0 bridgehead atoms. The van der Waals surface area contributed by atoms with Crippen LogP contribution in [0.2, 0.25) is 0 Å². The molecule has 1 aliphatic carbocycles. The van der Waals surface area contributed by atoms with Gasteiger partial charge in [0.25, 0.3) is 0 Å². The van der Waals surface area contributed by atoms with Gasteiger partial charge < -0.3 is 15.7 Å². The fourth-order valence-electron chi connectivity index (χ4n) is 3.68. The minimum atomic E-state index is -0.589. The molecule has 0 spiro atoms. The molecule has 3 atom stereocenters. The second-order valence-corrected chi connectivity index (χ2v) is 6.53. The minimum Gasteiger partial charge on any atom is -0.386 e. The second kappa shape index (κ2) is 5.70. The number of nitrogen functional groups attached to an aromatic ring is 1. The number of anilines is 1. The lowest BCUT2D eigenvalue weighted by Crippen LogP contribution is -2.52. The molecule has 1 aromatic rings. The van der Waals surface area contributed by atoms with Gasteiger partial charge in [-0.3, -0.25) is 0 Å². The van der Waals surface area contributed by atoms with E-state index in [9.17, 15) is 5.11 Å². The van der Waals surface area contributed by atoms with E-state index in [4.69, 9.17) is 5.73 Å². The lowest BCUT2D eigenvalue weighted by atomic mass is 9.70. The quantitative estimate of drug-likeness (QED) is 0.891. The number of nitrogens with two attached hydrogens (primary N) is 1. The molecule has 3 unspecified atom stereocenters. The van der Waals surface area contributed by atoms with Crippen LogP contribution in [0, 0.1) is 12.8 Å². The highest BCUT2D eigenvalue weighted by atomic mass is 16.3. The zero-order valence-electron chi connectivity index (χ0n) is 13.1. The summed E-state index contributed by atoms with van der Waals surface area (Å²) in [7, 11) is 4.12. The van der Waals surface area contributed by atoms with Crippen LogP contribution in [0.25, 0.3) is 0 Å². The van der Waals surface area contributed by atoms with E-state index in [-0.39, 0.29) is 5.54 Å². The van der Waals surface area contributed by atoms with Crippen molar-refractivity contribution in [3.05, 3.63) is 23.4 Å². The summed E-state index contributed by atoms with van der Waals surface area (Å²) in [4.78, 5) is 6.34. The third kappa shape index (κ3) is 2.54. The number of nitrogens with zero attached hydrogens (tertiary/aromatic N) is 2. The molecule has 1 saturated carbocycles. The lowest BCUT2D eigenvalue weighted by molar-refractivity contribution is -0.0451. The van der Waals surface area contributed by atoms with E-state index in [1.807, 2.05) is 13.0 Å². The summed E-state index contributed by atoms with van der Waals surface area (Å²) >= 11 is 0. The molecular formula is C16H27N3O. The first-order chi connectivity index (χ1) is 9.38. The number of rotatable bonds is 3. The molecule has 20 heavy (non-hydrogen) atoms. The summed E-state index contributed by atoms with van der Waals surface area (Å²) in [6.45, 7) is 4.26. The van der Waals surface area contributed by atoms with Crippen LogP contribution in [0.1, 0.15) is 49.8 Å². The van der Waals surface area contributed by atoms with Crippen LogP contribution >= 0.6 is 0 Å². The zero-order chi connectivity index (χ0) is 14.9. The summed E-state index contributed by atoms with van der Waals surface area (Å²) in [6, 6.07) is 1.92. The molecule has 2 rings (SSSR count). The molecule has 0 amide bonds. The van der Waals surface area contributed by atoms with Crippen LogP contribution in [-0.4, -0.2) is 34.6 Å². The Balaban J connectivity index is 2.44. The van der Waals surface area contributed by atoms with Gasteiger partial charge in [0.1, 0.15) is 11.9 Å². The van der Waals surface area contributed by atoms with Crippen molar-refractivity contribution < 1.29 is 5.11 Å². The Kier molecular flexibility index (Phi) is 4.35. The predicted octanol–water partition coefficient (Wildman–Crippen LogP) is 2.52. The van der Waals surface area contributed by atoms with Crippen molar-refractivity contribution in [2.24, 2.45) is 5.92 Å². The largest absolute Gasteiger partial charge is 0.386 e. The average Bonchev–Trinajstić information content (AvgIpc) is 2.37. The number of hydrogen-bond donors (Lipinski definition) is 2. The van der Waals surface area contributed by atoms with Crippen molar-refractivity contribution in [3.63, 3.8) is 0 Å². The predicted molar refractivity (Wildman–Crippen MR) is 82.4 cm³/mol. The fraction of sp³-hybridized carbons (Fsp3) is 0.688. The van der Waals surface area contributed by atoms with Crippen molar-refractivity contribution in [1.29, 1.82) is 0 Å². The van der Waals surface area contributed by atoms with Gasteiger partial charge in [0.05, 0.1) is 5.54 Å². The third-order valence-corrected chi connectivity index (χ3v) is 4.92. The van der Waals surface area contributed by atoms with Crippen molar-refractivity contribution in [2.45, 2.75) is 51.2 Å². The van der Waals surface area contributed by atoms with Crippen LogP contribution in [0.3, 0.4) is 0 Å². The first kappa shape index (κ1) is 15.3. The van der Waals surface area contributed by atoms with Gasteiger partial charge in [-0.05, 0) is 51.4 Å². The maximum absolute atomic E-state index is 11.1. The van der Waals surface area contributed by atoms with Gasteiger partial charge in [0, 0.05) is 11.8 Å². The van der Waals surface area contributed by atoms with Gasteiger partial charge in [-0.1, -0.05) is 19.8 Å². The van der Waals surface area contributed by atoms with E-state index < -0.39 is 6.10 Å². The normalized spacial score (nSPS) is 28.6. The van der Waals surface area contributed by atoms with Gasteiger partial charge >= 0.3 is 0 Å². The van der Waals surface area contributed by atoms with Crippen LogP contribution in [-0.2, 0) is 0 Å². The second-order valence-electron chi connectivity index (χ2n) is 6.53. The summed E-state index contributed by atoms with van der Waals surface area (Å²) < 4.78 is 0. The van der Waals surface area contributed by atoms with E-state index in [1.165, 1.54) is 6.42 Å². The first-order valence-corrected chi connectivity index (χ1v) is 7.45. The SMILES string of the molecule is Cc1ccnc(N)c1C(O)C1(N(C)C)CCCC(C)C1. The number of aryl methyl sites for hydroxylation is 1. The summed E-state index contributed by atoms with van der Waals surface area (Å²) in [5, 5.41) is 11.1. The molecule has 0 aliphatic heterocycles. The van der Waals surface area contributed by atoms with Crippen LogP contribution in [0.5, 0.6) is 0 Å². The molecule has 3 N–H and O–H groups in total. The zero-order valence-corrected chi connectivity index (χ0v) is 13.1. The summed E-state index contributed by atoms with van der Waals surface area (Å²) in [5.74, 6) is 1.08. The van der Waals surface area contributed by atoms with E-state index in [0.29, 0.717) is 11.7 Å². The maximum Gasteiger partial charge on any atom is 0.129 e. The number of pyridine rings is 1. The highest BCUT2D eigenvalue weighted by Crippen LogP contribution is 2.45. The summed E-state index contributed by atoms with van der Waals surface area (Å²) in [6.07, 6.45) is 5.49. The molecule has 0 aromatic carbocycles. The molecule has 1 heterocycles. The lowest BCUT2D eigenvalue weighted by Gasteiger charge is -2.48. The van der Waals surface area contributed by atoms with Gasteiger partial charge in [0.2, 0.25) is 0 Å². The van der Waals surface area contributed by atoms with Crippen LogP contribution in [0.4, 0.5) is 5.82 Å². The number of hydrogen-bond acceptors (Lipinski definition) is 4. The minimum absolute atomic E-state index is 0.237. The number of aliphatic hydroxyl groups excluding tert-OH is 1. The number of aromatic nitrogens is 1. The van der Waals surface area contributed by atoms with Crippen LogP contribution in [0.15, 0.2) is 12.3 Å². The third-order valence-electron chi connectivity index (χ3n) is 4.92. The van der Waals surface area contributed by atoms with Crippen molar-refractivity contribution in [2.75, 3.05) is 19.8 Å². The molecule has 1 aliphatic rings. The standard InChI is InChI=1S/C16H27N3O/c1-11-6-5-8-16(10-11,19(3)4)14(20)13-12(2)7-9-18-15(13)17/h7,9,11,14,20H,5-6,8,10H2,1-4H3,(H2,17,18). The van der Waals surface area contributed by atoms with E-state index >= 15 is 0 Å². The Labute approximate surface area is 122 Å². The topological polar surface area (TPSA) is 62.4 Å². The highest BCUT2D eigenvalue weighted by Gasteiger charge is 2.44. The first-order valence-electron chi connectivity index (χ1n) is 7.45. The fourth-order valence-corrected chi connectivity index (χ4v) is 3.68. The molecule has 112 valence electrons. The number of aliphatic hydroxyl groups is 1. The van der Waals surface area contributed by atoms with Gasteiger partial charge in [-0.25, -0.2) is 4.98 Å². The maximum atomic E-state index is 11.1. The molecule has 1 aromatic heterocycles. The number of likely N-dealkylation sites (N-methyl/N-ethyl adjacent to an activating group) is 1. The monoisotopic (exact) mass is 277 g/mol. The molecular weight excluding hydrogens is 250 g/mol. The Hall–Kier alpha value is -1.13. The Morgan fingerprint density at radius 3 is 2.75 bits per heavy atom. The Morgan fingerprint density at radius 2 is 2.20 bits per heavy atom. The molecule has 4 nitrogen and oxygen atoms in total. The molecule has 1 fully saturated rings. The van der Waals surface area contributed by atoms with Crippen molar-refractivity contribution >= 4 is 5.82 Å². The van der Waals surface area contributed by atoms with E-state index in [1.54, 1.807) is 6.20 Å².